The van der Waals surface area contributed by atoms with Crippen molar-refractivity contribution in [3.63, 3.8) is 0 Å². The minimum atomic E-state index is -4.95. The van der Waals surface area contributed by atoms with E-state index in [4.69, 9.17) is 16.3 Å². The Morgan fingerprint density at radius 3 is 2.63 bits per heavy atom. The summed E-state index contributed by atoms with van der Waals surface area (Å²) in [6.45, 7) is 1.71. The molecule has 1 heterocycles. The predicted octanol–water partition coefficient (Wildman–Crippen LogP) is 3.84. The van der Waals surface area contributed by atoms with Gasteiger partial charge in [-0.1, -0.05) is 30.7 Å². The first-order valence-corrected chi connectivity index (χ1v) is 10.8. The fourth-order valence-corrected chi connectivity index (χ4v) is 4.84. The molecule has 1 amide bonds. The van der Waals surface area contributed by atoms with E-state index in [9.17, 15) is 26.4 Å². The summed E-state index contributed by atoms with van der Waals surface area (Å²) in [4.78, 5) is 11.4. The molecule has 30 heavy (non-hydrogen) atoms. The quantitative estimate of drug-likeness (QED) is 0.732. The average Bonchev–Trinajstić information content (AvgIpc) is 2.70. The first-order valence-electron chi connectivity index (χ1n) is 8.98. The number of nitrogens with one attached hydrogen (secondary N) is 1. The molecular formula is C19H18ClF3N2O4S. The second kappa shape index (κ2) is 8.35. The van der Waals surface area contributed by atoms with E-state index in [1.807, 2.05) is 6.92 Å². The van der Waals surface area contributed by atoms with Crippen LogP contribution in [0.1, 0.15) is 18.9 Å². The highest BCUT2D eigenvalue weighted by molar-refractivity contribution is 7.93. The highest BCUT2D eigenvalue weighted by Gasteiger charge is 2.42. The number of alkyl halides is 3. The molecule has 0 fully saturated rings. The number of ether oxygens (including phenoxy) is 1. The van der Waals surface area contributed by atoms with Gasteiger partial charge in [0.1, 0.15) is 5.75 Å². The molecule has 0 saturated heterocycles. The molecule has 2 aromatic rings. The molecule has 162 valence electrons. The van der Waals surface area contributed by atoms with E-state index in [-0.39, 0.29) is 16.5 Å². The Morgan fingerprint density at radius 1 is 1.27 bits per heavy atom. The van der Waals surface area contributed by atoms with E-state index in [1.165, 1.54) is 18.2 Å². The summed E-state index contributed by atoms with van der Waals surface area (Å²) < 4.78 is 73.6. The van der Waals surface area contributed by atoms with E-state index in [2.05, 4.69) is 5.32 Å². The SMILES string of the molecule is CCCNC(=O)C1CN(S(=O)(=O)c2ccc(Cl)cc2C(F)(F)F)c2ccccc2O1. The van der Waals surface area contributed by atoms with Crippen LogP contribution in [0.4, 0.5) is 18.9 Å². The molecule has 6 nitrogen and oxygen atoms in total. The van der Waals surface area contributed by atoms with E-state index in [1.54, 1.807) is 6.07 Å². The lowest BCUT2D eigenvalue weighted by atomic mass is 10.2. The van der Waals surface area contributed by atoms with Gasteiger partial charge in [0.05, 0.1) is 22.7 Å². The van der Waals surface area contributed by atoms with Crippen LogP contribution in [0.3, 0.4) is 0 Å². The molecule has 1 atom stereocenters. The van der Waals surface area contributed by atoms with Crippen LogP contribution in [0.25, 0.3) is 0 Å². The molecule has 3 rings (SSSR count). The fraction of sp³-hybridized carbons (Fsp3) is 0.316. The molecule has 1 unspecified atom stereocenters. The third-order valence-electron chi connectivity index (χ3n) is 4.39. The van der Waals surface area contributed by atoms with Crippen LogP contribution >= 0.6 is 11.6 Å². The van der Waals surface area contributed by atoms with Gasteiger partial charge in [-0.15, -0.1) is 0 Å². The lowest BCUT2D eigenvalue weighted by Crippen LogP contribution is -2.51. The highest BCUT2D eigenvalue weighted by atomic mass is 35.5. The van der Waals surface area contributed by atoms with Crippen LogP contribution in [-0.2, 0) is 21.0 Å². The van der Waals surface area contributed by atoms with Gasteiger partial charge in [-0.2, -0.15) is 13.2 Å². The molecule has 1 aliphatic rings. The number of carbonyl (C=O) groups excluding carboxylic acids is 1. The van der Waals surface area contributed by atoms with E-state index >= 15 is 0 Å². The minimum Gasteiger partial charge on any atom is -0.476 e. The van der Waals surface area contributed by atoms with Crippen molar-refractivity contribution in [3.8, 4) is 5.75 Å². The van der Waals surface area contributed by atoms with Crippen molar-refractivity contribution in [3.05, 3.63) is 53.1 Å². The second-order valence-electron chi connectivity index (χ2n) is 6.54. The van der Waals surface area contributed by atoms with Crippen molar-refractivity contribution >= 4 is 33.2 Å². The summed E-state index contributed by atoms with van der Waals surface area (Å²) in [7, 11) is -4.70. The van der Waals surface area contributed by atoms with Gasteiger partial charge in [-0.25, -0.2) is 8.42 Å². The van der Waals surface area contributed by atoms with Crippen molar-refractivity contribution in [2.24, 2.45) is 0 Å². The molecule has 11 heteroatoms. The summed E-state index contributed by atoms with van der Waals surface area (Å²) in [6, 6.07) is 8.38. The summed E-state index contributed by atoms with van der Waals surface area (Å²) in [6.07, 6.45) is -5.52. The second-order valence-corrected chi connectivity index (χ2v) is 8.81. The summed E-state index contributed by atoms with van der Waals surface area (Å²) in [5, 5.41) is 2.36. The van der Waals surface area contributed by atoms with Crippen LogP contribution < -0.4 is 14.4 Å². The Morgan fingerprint density at radius 2 is 1.97 bits per heavy atom. The van der Waals surface area contributed by atoms with Gasteiger partial charge in [-0.05, 0) is 36.8 Å². The monoisotopic (exact) mass is 462 g/mol. The molecular weight excluding hydrogens is 445 g/mol. The van der Waals surface area contributed by atoms with E-state index in [0.717, 1.165) is 16.4 Å². The van der Waals surface area contributed by atoms with Crippen LogP contribution in [-0.4, -0.2) is 33.5 Å². The molecule has 0 saturated carbocycles. The third-order valence-corrected chi connectivity index (χ3v) is 6.46. The third kappa shape index (κ3) is 4.34. The molecule has 0 aliphatic carbocycles. The number of sulfonamides is 1. The predicted molar refractivity (Wildman–Crippen MR) is 105 cm³/mol. The van der Waals surface area contributed by atoms with E-state index < -0.39 is 45.2 Å². The standard InChI is InChI=1S/C19H18ClF3N2O4S/c1-2-9-24-18(26)16-11-25(14-5-3-4-6-15(14)29-16)30(27,28)17-8-7-12(20)10-13(17)19(21,22)23/h3-8,10,16H,2,9,11H2,1H3,(H,24,26). The molecule has 0 spiro atoms. The maximum atomic E-state index is 13.5. The van der Waals surface area contributed by atoms with Crippen LogP contribution in [0, 0.1) is 0 Å². The maximum absolute atomic E-state index is 13.5. The van der Waals surface area contributed by atoms with Crippen molar-refractivity contribution in [1.82, 2.24) is 5.32 Å². The number of fused-ring (bicyclic) bond motifs is 1. The van der Waals surface area contributed by atoms with Crippen molar-refractivity contribution < 1.29 is 31.1 Å². The normalized spacial score (nSPS) is 16.6. The lowest BCUT2D eigenvalue weighted by Gasteiger charge is -2.35. The van der Waals surface area contributed by atoms with Gasteiger partial charge in [0.25, 0.3) is 15.9 Å². The van der Waals surface area contributed by atoms with Gasteiger partial charge in [0, 0.05) is 11.6 Å². The van der Waals surface area contributed by atoms with Crippen LogP contribution in [0.5, 0.6) is 5.75 Å². The number of anilines is 1. The first-order chi connectivity index (χ1) is 14.1. The van der Waals surface area contributed by atoms with Crippen LogP contribution in [0.15, 0.2) is 47.4 Å². The first kappa shape index (κ1) is 22.2. The number of para-hydroxylation sites is 2. The Bertz CT molecular complexity index is 1060. The zero-order valence-electron chi connectivity index (χ0n) is 15.7. The number of rotatable bonds is 5. The highest BCUT2D eigenvalue weighted by Crippen LogP contribution is 2.41. The Balaban J connectivity index is 2.10. The number of nitrogens with zero attached hydrogens (tertiary/aromatic N) is 1. The average molecular weight is 463 g/mol. The number of benzene rings is 2. The summed E-state index contributed by atoms with van der Waals surface area (Å²) in [5.41, 5.74) is -1.34. The number of hydrogen-bond donors (Lipinski definition) is 1. The maximum Gasteiger partial charge on any atom is 0.417 e. The number of amides is 1. The number of carbonyl (C=O) groups is 1. The number of halogens is 4. The Kier molecular flexibility index (Phi) is 6.19. The summed E-state index contributed by atoms with van der Waals surface area (Å²) in [5.74, 6) is -0.481. The van der Waals surface area contributed by atoms with Gasteiger partial charge in [0.15, 0.2) is 6.10 Å². The topological polar surface area (TPSA) is 75.7 Å². The largest absolute Gasteiger partial charge is 0.476 e. The Hall–Kier alpha value is -2.46. The van der Waals surface area contributed by atoms with Crippen molar-refractivity contribution in [2.45, 2.75) is 30.5 Å². The Labute approximate surface area is 176 Å². The molecule has 0 radical (unpaired) electrons. The number of hydrogen-bond acceptors (Lipinski definition) is 4. The van der Waals surface area contributed by atoms with Crippen molar-refractivity contribution in [2.75, 3.05) is 17.4 Å². The minimum absolute atomic E-state index is 0.0418. The van der Waals surface area contributed by atoms with Gasteiger partial charge >= 0.3 is 6.18 Å². The van der Waals surface area contributed by atoms with E-state index in [0.29, 0.717) is 19.0 Å². The zero-order chi connectivity index (χ0) is 22.1. The van der Waals surface area contributed by atoms with Gasteiger partial charge < -0.3 is 10.1 Å². The zero-order valence-corrected chi connectivity index (χ0v) is 17.3. The molecule has 1 aliphatic heterocycles. The fourth-order valence-electron chi connectivity index (χ4n) is 3.00. The van der Waals surface area contributed by atoms with Crippen molar-refractivity contribution in [1.29, 1.82) is 0 Å². The molecule has 1 N–H and O–H groups in total. The molecule has 2 aromatic carbocycles. The molecule has 0 bridgehead atoms. The van der Waals surface area contributed by atoms with Gasteiger partial charge in [0.2, 0.25) is 0 Å². The smallest absolute Gasteiger partial charge is 0.417 e. The summed E-state index contributed by atoms with van der Waals surface area (Å²) >= 11 is 5.67. The molecule has 0 aromatic heterocycles. The van der Waals surface area contributed by atoms with Crippen LogP contribution in [0.2, 0.25) is 5.02 Å². The lowest BCUT2D eigenvalue weighted by molar-refractivity contribution is -0.139. The van der Waals surface area contributed by atoms with Gasteiger partial charge in [-0.3, -0.25) is 9.10 Å².